The molecule has 5 N–H and O–H groups in total. The molecule has 1 aliphatic heterocycles. The molecule has 0 radical (unpaired) electrons. The van der Waals surface area contributed by atoms with E-state index in [4.69, 9.17) is 19.7 Å². The summed E-state index contributed by atoms with van der Waals surface area (Å²) in [5, 5.41) is 46.1. The summed E-state index contributed by atoms with van der Waals surface area (Å²) in [6, 6.07) is 0. The van der Waals surface area contributed by atoms with Crippen LogP contribution in [0.1, 0.15) is 13.3 Å². The molecule has 1 fully saturated rings. The Morgan fingerprint density at radius 2 is 1.89 bits per heavy atom. The van der Waals surface area contributed by atoms with E-state index in [1.807, 2.05) is 0 Å². The number of hydrogen-bond acceptors (Lipinski definition) is 7. The van der Waals surface area contributed by atoms with E-state index in [2.05, 4.69) is 0 Å². The molecule has 0 aliphatic carbocycles. The van der Waals surface area contributed by atoms with Crippen molar-refractivity contribution < 1.29 is 39.8 Å². The lowest BCUT2D eigenvalue weighted by Gasteiger charge is -2.40. The van der Waals surface area contributed by atoms with Crippen molar-refractivity contribution in [3.63, 3.8) is 0 Å². The van der Waals surface area contributed by atoms with Gasteiger partial charge < -0.3 is 35.0 Å². The normalized spacial score (nSPS) is 38.4. The summed E-state index contributed by atoms with van der Waals surface area (Å²) in [5.41, 5.74) is 0. The van der Waals surface area contributed by atoms with Crippen molar-refractivity contribution in [1.82, 2.24) is 0 Å². The van der Waals surface area contributed by atoms with Crippen molar-refractivity contribution in [2.24, 2.45) is 0 Å². The van der Waals surface area contributed by atoms with Crippen LogP contribution in [0.25, 0.3) is 0 Å². The minimum absolute atomic E-state index is 0.297. The highest BCUT2D eigenvalue weighted by molar-refractivity contribution is 5.67. The van der Waals surface area contributed by atoms with Gasteiger partial charge in [-0.05, 0) is 6.92 Å². The summed E-state index contributed by atoms with van der Waals surface area (Å²) in [6.45, 7) is 0.910. The molecule has 8 heteroatoms. The zero-order chi connectivity index (χ0) is 13.9. The molecular formula is C10H18O8. The first-order chi connectivity index (χ1) is 8.36. The fraction of sp³-hybridized carbons (Fsp3) is 0.900. The molecule has 1 aliphatic rings. The summed E-state index contributed by atoms with van der Waals surface area (Å²) in [4.78, 5) is 10.5. The average molecular weight is 266 g/mol. The molecule has 106 valence electrons. The topological polar surface area (TPSA) is 137 Å². The van der Waals surface area contributed by atoms with Crippen molar-refractivity contribution >= 4 is 5.97 Å². The molecule has 0 spiro atoms. The molecular weight excluding hydrogens is 248 g/mol. The summed E-state index contributed by atoms with van der Waals surface area (Å²) in [7, 11) is 0. The Morgan fingerprint density at radius 3 is 2.39 bits per heavy atom. The van der Waals surface area contributed by atoms with Crippen LogP contribution in [-0.4, -0.2) is 74.9 Å². The maximum absolute atomic E-state index is 10.5. The monoisotopic (exact) mass is 266 g/mol. The Morgan fingerprint density at radius 1 is 1.28 bits per heavy atom. The largest absolute Gasteiger partial charge is 0.481 e. The summed E-state index contributed by atoms with van der Waals surface area (Å²) >= 11 is 0. The molecule has 0 bridgehead atoms. The Kier molecular flexibility index (Phi) is 5.45. The smallest absolute Gasteiger partial charge is 0.305 e. The third kappa shape index (κ3) is 3.61. The molecule has 6 atom stereocenters. The minimum Gasteiger partial charge on any atom is -0.481 e. The second-order valence-corrected chi connectivity index (χ2v) is 4.24. The number of aliphatic carboxylic acids is 1. The maximum Gasteiger partial charge on any atom is 0.305 e. The number of hydrogen-bond donors (Lipinski definition) is 5. The zero-order valence-electron chi connectivity index (χ0n) is 9.84. The van der Waals surface area contributed by atoms with E-state index >= 15 is 0 Å². The van der Waals surface area contributed by atoms with Crippen molar-refractivity contribution in [2.75, 3.05) is 6.61 Å². The van der Waals surface area contributed by atoms with E-state index < -0.39 is 49.4 Å². The molecule has 1 rings (SSSR count). The summed E-state index contributed by atoms with van der Waals surface area (Å²) in [6.07, 6.45) is -7.91. The highest BCUT2D eigenvalue weighted by atomic mass is 16.7. The molecule has 1 saturated heterocycles. The van der Waals surface area contributed by atoms with Gasteiger partial charge in [-0.15, -0.1) is 0 Å². The van der Waals surface area contributed by atoms with E-state index in [0.717, 1.165) is 0 Å². The first kappa shape index (κ1) is 15.3. The van der Waals surface area contributed by atoms with Gasteiger partial charge in [0.2, 0.25) is 0 Å². The van der Waals surface area contributed by atoms with Gasteiger partial charge in [-0.2, -0.15) is 0 Å². The van der Waals surface area contributed by atoms with Crippen molar-refractivity contribution in [1.29, 1.82) is 0 Å². The molecule has 0 aromatic carbocycles. The van der Waals surface area contributed by atoms with Crippen molar-refractivity contribution in [3.8, 4) is 0 Å². The highest BCUT2D eigenvalue weighted by Crippen LogP contribution is 2.23. The van der Waals surface area contributed by atoms with E-state index in [0.29, 0.717) is 0 Å². The third-order valence-corrected chi connectivity index (χ3v) is 2.68. The van der Waals surface area contributed by atoms with Crippen molar-refractivity contribution in [2.45, 2.75) is 50.2 Å². The molecule has 0 saturated carbocycles. The van der Waals surface area contributed by atoms with Crippen LogP contribution in [0, 0.1) is 0 Å². The fourth-order valence-corrected chi connectivity index (χ4v) is 1.70. The molecule has 2 unspecified atom stereocenters. The van der Waals surface area contributed by atoms with Crippen LogP contribution in [0.4, 0.5) is 0 Å². The predicted octanol–water partition coefficient (Wildman–Crippen LogP) is -2.33. The number of carbonyl (C=O) groups is 1. The Hall–Kier alpha value is -0.770. The number of rotatable bonds is 5. The lowest BCUT2D eigenvalue weighted by molar-refractivity contribution is -0.310. The van der Waals surface area contributed by atoms with Gasteiger partial charge in [-0.3, -0.25) is 4.79 Å². The van der Waals surface area contributed by atoms with E-state index in [1.54, 1.807) is 0 Å². The SMILES string of the molecule is C[C@H](CC(=O)O)O[C@@H]1OC(CO)[C@H](O)[C@H](O)C1O. The first-order valence-corrected chi connectivity index (χ1v) is 5.54. The second kappa shape index (κ2) is 6.41. The van der Waals surface area contributed by atoms with E-state index in [-0.39, 0.29) is 6.42 Å². The van der Waals surface area contributed by atoms with Gasteiger partial charge in [-0.25, -0.2) is 0 Å². The lowest BCUT2D eigenvalue weighted by atomic mass is 9.99. The van der Waals surface area contributed by atoms with Gasteiger partial charge in [0.25, 0.3) is 0 Å². The van der Waals surface area contributed by atoms with E-state index in [1.165, 1.54) is 6.92 Å². The molecule has 1 heterocycles. The standard InChI is InChI=1S/C10H18O8/c1-4(2-6(12)13)17-10-9(16)8(15)7(14)5(3-11)18-10/h4-5,7-11,14-16H,2-3H2,1H3,(H,12,13)/t4-,5?,7+,8+,9?,10-/m1/s1. The lowest BCUT2D eigenvalue weighted by Crippen LogP contribution is -2.59. The molecule has 0 aromatic heterocycles. The second-order valence-electron chi connectivity index (χ2n) is 4.24. The zero-order valence-corrected chi connectivity index (χ0v) is 9.84. The van der Waals surface area contributed by atoms with Crippen LogP contribution in [0.15, 0.2) is 0 Å². The molecule has 0 aromatic rings. The molecule has 0 amide bonds. The Bertz CT molecular complexity index is 281. The summed E-state index contributed by atoms with van der Waals surface area (Å²) < 4.78 is 10.2. The van der Waals surface area contributed by atoms with Crippen LogP contribution in [-0.2, 0) is 14.3 Å². The van der Waals surface area contributed by atoms with Crippen LogP contribution in [0.3, 0.4) is 0 Å². The van der Waals surface area contributed by atoms with Gasteiger partial charge in [0.15, 0.2) is 6.29 Å². The van der Waals surface area contributed by atoms with Crippen molar-refractivity contribution in [3.05, 3.63) is 0 Å². The van der Waals surface area contributed by atoms with Crippen LogP contribution in [0.2, 0.25) is 0 Å². The number of carboxylic acid groups (broad SMARTS) is 1. The number of aliphatic hydroxyl groups is 4. The number of carboxylic acids is 1. The van der Waals surface area contributed by atoms with Gasteiger partial charge >= 0.3 is 5.97 Å². The van der Waals surface area contributed by atoms with Gasteiger partial charge in [-0.1, -0.05) is 0 Å². The predicted molar refractivity (Wildman–Crippen MR) is 56.6 cm³/mol. The number of ether oxygens (including phenoxy) is 2. The maximum atomic E-state index is 10.5. The quantitative estimate of drug-likeness (QED) is 0.373. The van der Waals surface area contributed by atoms with Crippen LogP contribution < -0.4 is 0 Å². The van der Waals surface area contributed by atoms with Crippen LogP contribution in [0.5, 0.6) is 0 Å². The fourth-order valence-electron chi connectivity index (χ4n) is 1.70. The van der Waals surface area contributed by atoms with Crippen LogP contribution >= 0.6 is 0 Å². The third-order valence-electron chi connectivity index (χ3n) is 2.68. The first-order valence-electron chi connectivity index (χ1n) is 5.54. The average Bonchev–Trinajstić information content (AvgIpc) is 2.29. The molecule has 8 nitrogen and oxygen atoms in total. The Balaban J connectivity index is 2.61. The van der Waals surface area contributed by atoms with Gasteiger partial charge in [0, 0.05) is 0 Å². The molecule has 18 heavy (non-hydrogen) atoms. The Labute approximate surface area is 103 Å². The summed E-state index contributed by atoms with van der Waals surface area (Å²) in [5.74, 6) is -1.08. The minimum atomic E-state index is -1.53. The van der Waals surface area contributed by atoms with E-state index in [9.17, 15) is 20.1 Å². The van der Waals surface area contributed by atoms with Gasteiger partial charge in [0.05, 0.1) is 19.1 Å². The van der Waals surface area contributed by atoms with Gasteiger partial charge in [0.1, 0.15) is 24.4 Å². The highest BCUT2D eigenvalue weighted by Gasteiger charge is 2.44. The number of aliphatic hydroxyl groups excluding tert-OH is 4.